The Balaban J connectivity index is 1.76. The molecule has 1 N–H and O–H groups in total. The number of amides is 1. The minimum Gasteiger partial charge on any atom is -0.481 e. The summed E-state index contributed by atoms with van der Waals surface area (Å²) in [4.78, 5) is 35.5. The van der Waals surface area contributed by atoms with Gasteiger partial charge in [-0.15, -0.1) is 0 Å². The monoisotopic (exact) mass is 331 g/mol. The molecule has 3 rings (SSSR count). The van der Waals surface area contributed by atoms with E-state index in [0.29, 0.717) is 24.8 Å². The molecular weight excluding hydrogens is 314 g/mol. The maximum Gasteiger partial charge on any atom is 0.308 e. The van der Waals surface area contributed by atoms with Crippen molar-refractivity contribution >= 4 is 28.5 Å². The van der Waals surface area contributed by atoms with Gasteiger partial charge in [-0.25, -0.2) is 0 Å². The van der Waals surface area contributed by atoms with Gasteiger partial charge in [0.15, 0.2) is 0 Å². The number of hydrogen-bond donors (Lipinski definition) is 1. The molecule has 0 saturated carbocycles. The number of benzene rings is 1. The third-order valence-electron chi connectivity index (χ3n) is 4.39. The Bertz CT molecular complexity index is 813. The van der Waals surface area contributed by atoms with Crippen molar-refractivity contribution in [3.63, 3.8) is 0 Å². The van der Waals surface area contributed by atoms with E-state index in [1.54, 1.807) is 27.8 Å². The van der Waals surface area contributed by atoms with Crippen LogP contribution in [0.2, 0.25) is 0 Å². The van der Waals surface area contributed by atoms with Gasteiger partial charge < -0.3 is 14.6 Å². The molecule has 2 heterocycles. The van der Waals surface area contributed by atoms with Gasteiger partial charge in [-0.05, 0) is 25.0 Å². The SMILES string of the molecule is O=C(O)[C@H]1CCCN(C(=O)Cn2ccc3cc([N+](=O)[O-])ccc32)C1. The molecular formula is C16H17N3O5. The number of carboxylic acid groups (broad SMARTS) is 1. The highest BCUT2D eigenvalue weighted by Crippen LogP contribution is 2.23. The second-order valence-electron chi connectivity index (χ2n) is 5.96. The van der Waals surface area contributed by atoms with E-state index >= 15 is 0 Å². The Kier molecular flexibility index (Phi) is 4.20. The molecule has 24 heavy (non-hydrogen) atoms. The highest BCUT2D eigenvalue weighted by Gasteiger charge is 2.28. The number of piperidine rings is 1. The molecule has 1 aliphatic heterocycles. The summed E-state index contributed by atoms with van der Waals surface area (Å²) in [5.41, 5.74) is 0.743. The largest absolute Gasteiger partial charge is 0.481 e. The molecule has 8 nitrogen and oxygen atoms in total. The summed E-state index contributed by atoms with van der Waals surface area (Å²) in [6.07, 6.45) is 2.99. The van der Waals surface area contributed by atoms with E-state index in [4.69, 9.17) is 5.11 Å². The van der Waals surface area contributed by atoms with E-state index in [-0.39, 0.29) is 24.7 Å². The topological polar surface area (TPSA) is 106 Å². The number of non-ortho nitro benzene ring substituents is 1. The average Bonchev–Trinajstić information content (AvgIpc) is 2.97. The molecule has 2 aromatic rings. The van der Waals surface area contributed by atoms with E-state index in [2.05, 4.69) is 0 Å². The number of carbonyl (C=O) groups is 2. The van der Waals surface area contributed by atoms with E-state index in [1.807, 2.05) is 0 Å². The number of hydrogen-bond acceptors (Lipinski definition) is 4. The van der Waals surface area contributed by atoms with Crippen molar-refractivity contribution in [2.45, 2.75) is 19.4 Å². The molecule has 1 aliphatic rings. The zero-order valence-corrected chi connectivity index (χ0v) is 12.9. The molecule has 0 bridgehead atoms. The van der Waals surface area contributed by atoms with Gasteiger partial charge in [0.2, 0.25) is 5.91 Å². The molecule has 126 valence electrons. The number of nitrogens with zero attached hydrogens (tertiary/aromatic N) is 3. The first-order valence-electron chi connectivity index (χ1n) is 7.69. The van der Waals surface area contributed by atoms with Crippen molar-refractivity contribution < 1.29 is 19.6 Å². The molecule has 0 spiro atoms. The summed E-state index contributed by atoms with van der Waals surface area (Å²) in [5, 5.41) is 20.6. The lowest BCUT2D eigenvalue weighted by Crippen LogP contribution is -2.43. The van der Waals surface area contributed by atoms with Crippen molar-refractivity contribution in [2.24, 2.45) is 5.92 Å². The number of nitro benzene ring substituents is 1. The van der Waals surface area contributed by atoms with Crippen LogP contribution in [0.4, 0.5) is 5.69 Å². The van der Waals surface area contributed by atoms with E-state index in [0.717, 1.165) is 5.52 Å². The van der Waals surface area contributed by atoms with Crippen LogP contribution in [0, 0.1) is 16.0 Å². The predicted octanol–water partition coefficient (Wildman–Crippen LogP) is 1.87. The van der Waals surface area contributed by atoms with Gasteiger partial charge in [-0.3, -0.25) is 19.7 Å². The summed E-state index contributed by atoms with van der Waals surface area (Å²) in [6, 6.07) is 6.23. The molecule has 1 atom stereocenters. The lowest BCUT2D eigenvalue weighted by Gasteiger charge is -2.30. The van der Waals surface area contributed by atoms with Gasteiger partial charge in [-0.1, -0.05) is 0 Å². The van der Waals surface area contributed by atoms with Crippen LogP contribution >= 0.6 is 0 Å². The first-order valence-corrected chi connectivity index (χ1v) is 7.69. The van der Waals surface area contributed by atoms with Gasteiger partial charge in [-0.2, -0.15) is 0 Å². The fourth-order valence-electron chi connectivity index (χ4n) is 3.09. The van der Waals surface area contributed by atoms with E-state index in [1.165, 1.54) is 12.1 Å². The highest BCUT2D eigenvalue weighted by molar-refractivity contribution is 5.85. The van der Waals surface area contributed by atoms with Crippen LogP contribution in [-0.2, 0) is 16.1 Å². The molecule has 1 amide bonds. The maximum atomic E-state index is 12.5. The van der Waals surface area contributed by atoms with Crippen LogP contribution in [0.25, 0.3) is 10.9 Å². The predicted molar refractivity (Wildman–Crippen MR) is 85.5 cm³/mol. The first kappa shape index (κ1) is 16.0. The molecule has 8 heteroatoms. The normalized spacial score (nSPS) is 17.8. The molecule has 1 aromatic heterocycles. The number of aromatic nitrogens is 1. The summed E-state index contributed by atoms with van der Waals surface area (Å²) in [5.74, 6) is -1.52. The molecule has 0 unspecified atom stereocenters. The Morgan fingerprint density at radius 1 is 1.33 bits per heavy atom. The molecule has 1 aromatic carbocycles. The van der Waals surface area contributed by atoms with Crippen LogP contribution in [0.1, 0.15) is 12.8 Å². The second kappa shape index (κ2) is 6.31. The fraction of sp³-hybridized carbons (Fsp3) is 0.375. The number of nitro groups is 1. The maximum absolute atomic E-state index is 12.5. The van der Waals surface area contributed by atoms with Crippen molar-refractivity contribution in [3.05, 3.63) is 40.6 Å². The van der Waals surface area contributed by atoms with E-state index < -0.39 is 16.8 Å². The van der Waals surface area contributed by atoms with Gasteiger partial charge in [0.25, 0.3) is 5.69 Å². The lowest BCUT2D eigenvalue weighted by molar-refractivity contribution is -0.384. The number of carboxylic acids is 1. The van der Waals surface area contributed by atoms with Crippen LogP contribution in [0.5, 0.6) is 0 Å². The Hall–Kier alpha value is -2.90. The highest BCUT2D eigenvalue weighted by atomic mass is 16.6. The quantitative estimate of drug-likeness (QED) is 0.680. The van der Waals surface area contributed by atoms with Gasteiger partial charge in [0.05, 0.1) is 10.8 Å². The molecule has 0 aliphatic carbocycles. The van der Waals surface area contributed by atoms with Crippen molar-refractivity contribution in [3.8, 4) is 0 Å². The minimum absolute atomic E-state index is 0.00640. The first-order chi connectivity index (χ1) is 11.5. The third-order valence-corrected chi connectivity index (χ3v) is 4.39. The average molecular weight is 331 g/mol. The molecule has 0 radical (unpaired) electrons. The second-order valence-corrected chi connectivity index (χ2v) is 5.96. The number of rotatable bonds is 4. The standard InChI is InChI=1S/C16H17N3O5/c20-15(18-6-1-2-12(9-18)16(21)22)10-17-7-5-11-8-13(19(23)24)3-4-14(11)17/h3-5,7-8,12H,1-2,6,9-10H2,(H,21,22)/t12-/m0/s1. The van der Waals surface area contributed by atoms with Gasteiger partial charge in [0, 0.05) is 42.3 Å². The Morgan fingerprint density at radius 2 is 2.12 bits per heavy atom. The number of carbonyl (C=O) groups excluding carboxylic acids is 1. The van der Waals surface area contributed by atoms with Crippen LogP contribution in [0.15, 0.2) is 30.5 Å². The van der Waals surface area contributed by atoms with Crippen molar-refractivity contribution in [2.75, 3.05) is 13.1 Å². The molecule has 1 fully saturated rings. The zero-order valence-electron chi connectivity index (χ0n) is 12.9. The Labute approximate surface area is 137 Å². The number of likely N-dealkylation sites (tertiary alicyclic amines) is 1. The number of fused-ring (bicyclic) bond motifs is 1. The lowest BCUT2D eigenvalue weighted by atomic mass is 9.98. The van der Waals surface area contributed by atoms with Gasteiger partial charge >= 0.3 is 5.97 Å². The molecule has 1 saturated heterocycles. The summed E-state index contributed by atoms with van der Waals surface area (Å²) >= 11 is 0. The minimum atomic E-state index is -0.869. The Morgan fingerprint density at radius 3 is 2.83 bits per heavy atom. The fourth-order valence-corrected chi connectivity index (χ4v) is 3.09. The summed E-state index contributed by atoms with van der Waals surface area (Å²) in [6.45, 7) is 0.889. The van der Waals surface area contributed by atoms with E-state index in [9.17, 15) is 19.7 Å². The van der Waals surface area contributed by atoms with Crippen LogP contribution in [0.3, 0.4) is 0 Å². The summed E-state index contributed by atoms with van der Waals surface area (Å²) in [7, 11) is 0. The summed E-state index contributed by atoms with van der Waals surface area (Å²) < 4.78 is 1.73. The zero-order chi connectivity index (χ0) is 17.3. The van der Waals surface area contributed by atoms with Crippen molar-refractivity contribution in [1.82, 2.24) is 9.47 Å². The third kappa shape index (κ3) is 3.08. The van der Waals surface area contributed by atoms with Gasteiger partial charge in [0.1, 0.15) is 6.54 Å². The van der Waals surface area contributed by atoms with Crippen LogP contribution < -0.4 is 0 Å². The van der Waals surface area contributed by atoms with Crippen molar-refractivity contribution in [1.29, 1.82) is 0 Å². The number of aliphatic carboxylic acids is 1. The van der Waals surface area contributed by atoms with Crippen LogP contribution in [-0.4, -0.2) is 44.5 Å². The smallest absolute Gasteiger partial charge is 0.308 e.